The third-order valence-electron chi connectivity index (χ3n) is 2.98. The Morgan fingerprint density at radius 1 is 1.47 bits per heavy atom. The number of benzene rings is 1. The molecule has 0 aliphatic heterocycles. The van der Waals surface area contributed by atoms with E-state index in [0.717, 1.165) is 12.1 Å². The molecule has 0 aliphatic rings. The summed E-state index contributed by atoms with van der Waals surface area (Å²) in [6.45, 7) is 6.66. The smallest absolute Gasteiger partial charge is 0.330 e. The van der Waals surface area contributed by atoms with Crippen molar-refractivity contribution in [3.63, 3.8) is 0 Å². The average Bonchev–Trinajstić information content (AvgIpc) is 2.39. The van der Waals surface area contributed by atoms with Crippen molar-refractivity contribution in [1.29, 1.82) is 0 Å². The molecule has 1 unspecified atom stereocenters. The molecule has 3 nitrogen and oxygen atoms in total. The summed E-state index contributed by atoms with van der Waals surface area (Å²) in [5.74, 6) is -1.94. The van der Waals surface area contributed by atoms with Crippen molar-refractivity contribution in [1.82, 2.24) is 5.32 Å². The molecule has 0 fully saturated rings. The number of carbonyl (C=O) groups is 1. The van der Waals surface area contributed by atoms with E-state index in [1.807, 2.05) is 0 Å². The zero-order chi connectivity index (χ0) is 14.6. The van der Waals surface area contributed by atoms with Gasteiger partial charge in [-0.05, 0) is 31.5 Å². The first kappa shape index (κ1) is 15.3. The van der Waals surface area contributed by atoms with E-state index in [4.69, 9.17) is 0 Å². The summed E-state index contributed by atoms with van der Waals surface area (Å²) < 4.78 is 32.3. The largest absolute Gasteiger partial charge is 0.467 e. The van der Waals surface area contributed by atoms with Crippen molar-refractivity contribution in [2.24, 2.45) is 0 Å². The minimum atomic E-state index is -1.47. The van der Waals surface area contributed by atoms with Crippen LogP contribution in [0.15, 0.2) is 24.8 Å². The molecule has 1 aromatic carbocycles. The van der Waals surface area contributed by atoms with E-state index < -0.39 is 23.1 Å². The molecule has 0 spiro atoms. The van der Waals surface area contributed by atoms with Gasteiger partial charge in [-0.2, -0.15) is 0 Å². The molecule has 0 aliphatic carbocycles. The fourth-order valence-corrected chi connectivity index (χ4v) is 1.79. The Bertz CT molecular complexity index is 502. The average molecular weight is 269 g/mol. The van der Waals surface area contributed by atoms with Gasteiger partial charge in [0.15, 0.2) is 0 Å². The van der Waals surface area contributed by atoms with Crippen LogP contribution in [-0.2, 0) is 15.1 Å². The molecular weight excluding hydrogens is 252 g/mol. The topological polar surface area (TPSA) is 38.3 Å². The molecule has 1 N–H and O–H groups in total. The van der Waals surface area contributed by atoms with Crippen LogP contribution < -0.4 is 5.32 Å². The fourth-order valence-electron chi connectivity index (χ4n) is 1.79. The molecule has 0 bridgehead atoms. The van der Waals surface area contributed by atoms with Crippen LogP contribution in [0.4, 0.5) is 8.78 Å². The first-order valence-corrected chi connectivity index (χ1v) is 5.77. The lowest BCUT2D eigenvalue weighted by molar-refractivity contribution is -0.148. The molecule has 5 heteroatoms. The van der Waals surface area contributed by atoms with Gasteiger partial charge in [0.25, 0.3) is 0 Å². The van der Waals surface area contributed by atoms with Crippen LogP contribution in [0.1, 0.15) is 18.1 Å². The van der Waals surface area contributed by atoms with Gasteiger partial charge in [-0.25, -0.2) is 13.6 Å². The van der Waals surface area contributed by atoms with E-state index in [0.29, 0.717) is 0 Å². The molecule has 19 heavy (non-hydrogen) atoms. The van der Waals surface area contributed by atoms with Gasteiger partial charge in [0, 0.05) is 12.1 Å². The number of halogens is 2. The van der Waals surface area contributed by atoms with Gasteiger partial charge in [0.1, 0.15) is 17.2 Å². The van der Waals surface area contributed by atoms with Crippen LogP contribution in [0.3, 0.4) is 0 Å². The van der Waals surface area contributed by atoms with E-state index in [2.05, 4.69) is 16.6 Å². The molecule has 1 rings (SSSR count). The summed E-state index contributed by atoms with van der Waals surface area (Å²) in [5.41, 5.74) is -1.39. The predicted octanol–water partition coefficient (Wildman–Crippen LogP) is 2.44. The second-order valence-corrected chi connectivity index (χ2v) is 4.37. The number of nitrogens with one attached hydrogen (secondary N) is 1. The number of ether oxygens (including phenoxy) is 1. The maximum Gasteiger partial charge on any atom is 0.330 e. The Kier molecular flexibility index (Phi) is 4.78. The number of esters is 1. The predicted molar refractivity (Wildman–Crippen MR) is 68.7 cm³/mol. The number of carbonyl (C=O) groups excluding carboxylic acids is 1. The number of rotatable bonds is 5. The van der Waals surface area contributed by atoms with Gasteiger partial charge in [-0.3, -0.25) is 5.32 Å². The van der Waals surface area contributed by atoms with Crippen LogP contribution in [0.5, 0.6) is 0 Å². The summed E-state index contributed by atoms with van der Waals surface area (Å²) >= 11 is 0. The second-order valence-electron chi connectivity index (χ2n) is 4.37. The number of hydrogen-bond donors (Lipinski definition) is 1. The molecular formula is C14H17F2NO2. The highest BCUT2D eigenvalue weighted by atomic mass is 19.1. The monoisotopic (exact) mass is 269 g/mol. The van der Waals surface area contributed by atoms with Crippen molar-refractivity contribution in [2.75, 3.05) is 13.7 Å². The summed E-state index contributed by atoms with van der Waals surface area (Å²) in [6, 6.07) is 2.07. The zero-order valence-electron chi connectivity index (χ0n) is 11.2. The van der Waals surface area contributed by atoms with Gasteiger partial charge in [0.2, 0.25) is 0 Å². The van der Waals surface area contributed by atoms with Gasteiger partial charge in [-0.1, -0.05) is 6.08 Å². The number of aryl methyl sites for hydroxylation is 1. The van der Waals surface area contributed by atoms with Crippen molar-refractivity contribution < 1.29 is 18.3 Å². The van der Waals surface area contributed by atoms with Crippen molar-refractivity contribution in [3.05, 3.63) is 47.5 Å². The normalized spacial score (nSPS) is 13.7. The zero-order valence-corrected chi connectivity index (χ0v) is 11.2. The minimum absolute atomic E-state index is 0.0932. The van der Waals surface area contributed by atoms with Crippen LogP contribution >= 0.6 is 0 Å². The Morgan fingerprint density at radius 3 is 2.63 bits per heavy atom. The maximum absolute atomic E-state index is 14.0. The molecule has 104 valence electrons. The second kappa shape index (κ2) is 5.93. The van der Waals surface area contributed by atoms with Crippen LogP contribution in [-0.4, -0.2) is 19.6 Å². The van der Waals surface area contributed by atoms with Gasteiger partial charge in [0.05, 0.1) is 7.11 Å². The van der Waals surface area contributed by atoms with Gasteiger partial charge < -0.3 is 4.74 Å². The summed E-state index contributed by atoms with van der Waals surface area (Å²) in [7, 11) is 1.19. The number of methoxy groups -OCH3 is 1. The molecule has 0 amide bonds. The molecule has 0 saturated carbocycles. The Labute approximate surface area is 111 Å². The van der Waals surface area contributed by atoms with Crippen LogP contribution in [0.2, 0.25) is 0 Å². The highest BCUT2D eigenvalue weighted by molar-refractivity contribution is 5.82. The summed E-state index contributed by atoms with van der Waals surface area (Å²) in [6.07, 6.45) is 1.52. The van der Waals surface area contributed by atoms with E-state index in [1.54, 1.807) is 0 Å². The van der Waals surface area contributed by atoms with E-state index in [9.17, 15) is 13.6 Å². The first-order chi connectivity index (χ1) is 8.86. The summed E-state index contributed by atoms with van der Waals surface area (Å²) in [5, 5.41) is 2.80. The Morgan fingerprint density at radius 2 is 2.11 bits per heavy atom. The Hall–Kier alpha value is -1.75. The quantitative estimate of drug-likeness (QED) is 0.659. The SMILES string of the molecule is C=CCNC(C)(C(=O)OC)c1cc(F)c(C)cc1F. The molecule has 0 aromatic heterocycles. The van der Waals surface area contributed by atoms with Crippen molar-refractivity contribution in [3.8, 4) is 0 Å². The fraction of sp³-hybridized carbons (Fsp3) is 0.357. The van der Waals surface area contributed by atoms with Gasteiger partial charge in [-0.15, -0.1) is 6.58 Å². The standard InChI is InChI=1S/C14H17F2NO2/c1-5-6-17-14(3,13(18)19-4)10-8-11(15)9(2)7-12(10)16/h5,7-8,17H,1,6H2,2-4H3. The Balaban J connectivity index is 3.36. The summed E-state index contributed by atoms with van der Waals surface area (Å²) in [4.78, 5) is 11.9. The van der Waals surface area contributed by atoms with E-state index >= 15 is 0 Å². The molecule has 1 atom stereocenters. The van der Waals surface area contributed by atoms with E-state index in [-0.39, 0.29) is 17.7 Å². The van der Waals surface area contributed by atoms with Gasteiger partial charge >= 0.3 is 5.97 Å². The lowest BCUT2D eigenvalue weighted by atomic mass is 9.90. The first-order valence-electron chi connectivity index (χ1n) is 5.77. The lowest BCUT2D eigenvalue weighted by Gasteiger charge is -2.28. The molecule has 0 saturated heterocycles. The van der Waals surface area contributed by atoms with Crippen molar-refractivity contribution in [2.45, 2.75) is 19.4 Å². The highest BCUT2D eigenvalue weighted by Crippen LogP contribution is 2.27. The maximum atomic E-state index is 14.0. The minimum Gasteiger partial charge on any atom is -0.467 e. The highest BCUT2D eigenvalue weighted by Gasteiger charge is 2.38. The third kappa shape index (κ3) is 2.98. The number of hydrogen-bond acceptors (Lipinski definition) is 3. The van der Waals surface area contributed by atoms with E-state index in [1.165, 1.54) is 27.0 Å². The van der Waals surface area contributed by atoms with Crippen LogP contribution in [0, 0.1) is 18.6 Å². The lowest BCUT2D eigenvalue weighted by Crippen LogP contribution is -2.48. The van der Waals surface area contributed by atoms with Crippen LogP contribution in [0.25, 0.3) is 0 Å². The molecule has 0 radical (unpaired) electrons. The van der Waals surface area contributed by atoms with Crippen molar-refractivity contribution >= 4 is 5.97 Å². The molecule has 1 aromatic rings. The third-order valence-corrected chi connectivity index (χ3v) is 2.98. The molecule has 0 heterocycles.